The van der Waals surface area contributed by atoms with Crippen LogP contribution >= 0.6 is 34.2 Å². The van der Waals surface area contributed by atoms with Gasteiger partial charge in [0, 0.05) is 14.2 Å². The zero-order valence-electron chi connectivity index (χ0n) is 10.1. The normalized spacial score (nSPS) is 9.45. The van der Waals surface area contributed by atoms with Crippen molar-refractivity contribution >= 4 is 53.1 Å². The molecule has 0 aliphatic carbocycles. The van der Waals surface area contributed by atoms with Crippen LogP contribution in [-0.4, -0.2) is 23.5 Å². The smallest absolute Gasteiger partial charge is 0.423 e. The van der Waals surface area contributed by atoms with E-state index in [0.29, 0.717) is 25.9 Å². The Morgan fingerprint density at radius 2 is 1.75 bits per heavy atom. The number of halogens is 3. The van der Waals surface area contributed by atoms with E-state index in [1.54, 1.807) is 12.1 Å². The molecule has 0 saturated carbocycles. The van der Waals surface area contributed by atoms with Crippen LogP contribution in [-0.2, 0) is 0 Å². The zero-order chi connectivity index (χ0) is 15.1. The molecule has 104 valence electrons. The Kier molecular flexibility index (Phi) is 7.15. The summed E-state index contributed by atoms with van der Waals surface area (Å²) in [5, 5.41) is 17.7. The van der Waals surface area contributed by atoms with Crippen molar-refractivity contribution in [1.82, 2.24) is 0 Å². The van der Waals surface area contributed by atoms with Gasteiger partial charge in [0.15, 0.2) is 0 Å². The van der Waals surface area contributed by atoms with E-state index in [1.807, 2.05) is 22.6 Å². The molecule has 2 aromatic carbocycles. The number of rotatable bonds is 2. The number of carbonyl (C=O) groups is 1. The molecule has 0 aliphatic rings. The van der Waals surface area contributed by atoms with Gasteiger partial charge in [-0.15, -0.1) is 0 Å². The summed E-state index contributed by atoms with van der Waals surface area (Å²) >= 11 is 7.38. The molecule has 0 atom stereocenters. The van der Waals surface area contributed by atoms with Crippen molar-refractivity contribution in [3.05, 3.63) is 62.4 Å². The first-order chi connectivity index (χ1) is 9.43. The van der Waals surface area contributed by atoms with E-state index >= 15 is 0 Å². The van der Waals surface area contributed by atoms with Crippen LogP contribution < -0.4 is 5.46 Å². The summed E-state index contributed by atoms with van der Waals surface area (Å²) in [4.78, 5) is 10.2. The molecule has 20 heavy (non-hydrogen) atoms. The third-order valence-electron chi connectivity index (χ3n) is 2.25. The molecule has 0 saturated heterocycles. The zero-order valence-corrected chi connectivity index (χ0v) is 13.0. The molecule has 2 rings (SSSR count). The molecule has 0 spiro atoms. The molecule has 0 fully saturated rings. The van der Waals surface area contributed by atoms with Crippen molar-refractivity contribution in [2.24, 2.45) is 0 Å². The van der Waals surface area contributed by atoms with Gasteiger partial charge in [0.05, 0.1) is 0 Å². The topological polar surface area (TPSA) is 57.5 Å². The Morgan fingerprint density at radius 3 is 2.15 bits per heavy atom. The monoisotopic (exact) mass is 406 g/mol. The SMILES string of the molecule is Fc1cc(Cl)ccc1I.O=Cc1ccc(B(O)O)cc1. The molecule has 0 radical (unpaired) electrons. The quantitative estimate of drug-likeness (QED) is 0.348. The lowest BCUT2D eigenvalue weighted by Gasteiger charge is -1.97. The Balaban J connectivity index is 0.000000204. The molecule has 2 aromatic rings. The van der Waals surface area contributed by atoms with Crippen molar-refractivity contribution in [3.63, 3.8) is 0 Å². The molecule has 0 heterocycles. The fourth-order valence-electron chi connectivity index (χ4n) is 1.22. The van der Waals surface area contributed by atoms with E-state index in [-0.39, 0.29) is 5.82 Å². The van der Waals surface area contributed by atoms with Gasteiger partial charge in [-0.3, -0.25) is 4.79 Å². The molecule has 3 nitrogen and oxygen atoms in total. The molecular formula is C13H10BClFIO3. The summed E-state index contributed by atoms with van der Waals surface area (Å²) < 4.78 is 13.1. The molecule has 0 aromatic heterocycles. The average Bonchev–Trinajstić information content (AvgIpc) is 2.44. The summed E-state index contributed by atoms with van der Waals surface area (Å²) in [6.07, 6.45) is 0.702. The van der Waals surface area contributed by atoms with Crippen LogP contribution in [0.5, 0.6) is 0 Å². The highest BCUT2D eigenvalue weighted by atomic mass is 127. The molecule has 0 unspecified atom stereocenters. The van der Waals surface area contributed by atoms with Crippen molar-refractivity contribution in [2.75, 3.05) is 0 Å². The van der Waals surface area contributed by atoms with Crippen LogP contribution in [0.25, 0.3) is 0 Å². The van der Waals surface area contributed by atoms with Crippen LogP contribution in [0, 0.1) is 9.39 Å². The minimum atomic E-state index is -1.46. The number of hydrogen-bond donors (Lipinski definition) is 2. The van der Waals surface area contributed by atoms with E-state index < -0.39 is 7.12 Å². The number of hydrogen-bond acceptors (Lipinski definition) is 3. The molecule has 0 aliphatic heterocycles. The summed E-state index contributed by atoms with van der Waals surface area (Å²) in [5.74, 6) is -0.261. The third kappa shape index (κ3) is 5.58. The lowest BCUT2D eigenvalue weighted by atomic mass is 9.80. The summed E-state index contributed by atoms with van der Waals surface area (Å²) in [7, 11) is -1.46. The van der Waals surface area contributed by atoms with Gasteiger partial charge in [0.25, 0.3) is 0 Å². The fraction of sp³-hybridized carbons (Fsp3) is 0. The first-order valence-electron chi connectivity index (χ1n) is 5.46. The van der Waals surface area contributed by atoms with E-state index in [4.69, 9.17) is 21.6 Å². The predicted molar refractivity (Wildman–Crippen MR) is 85.8 cm³/mol. The maximum absolute atomic E-state index is 12.5. The Hall–Kier alpha value is -0.955. The van der Waals surface area contributed by atoms with Gasteiger partial charge in [-0.05, 0) is 46.3 Å². The number of aldehydes is 1. The lowest BCUT2D eigenvalue weighted by molar-refractivity contribution is 0.112. The van der Waals surface area contributed by atoms with E-state index in [0.717, 1.165) is 0 Å². The fourth-order valence-corrected chi connectivity index (χ4v) is 1.71. The van der Waals surface area contributed by atoms with Gasteiger partial charge in [0.1, 0.15) is 12.1 Å². The van der Waals surface area contributed by atoms with E-state index in [9.17, 15) is 9.18 Å². The van der Waals surface area contributed by atoms with Crippen LogP contribution in [0.1, 0.15) is 10.4 Å². The highest BCUT2D eigenvalue weighted by Gasteiger charge is 2.08. The van der Waals surface area contributed by atoms with Gasteiger partial charge in [-0.2, -0.15) is 0 Å². The summed E-state index contributed by atoms with van der Waals surface area (Å²) in [6.45, 7) is 0. The van der Waals surface area contributed by atoms with Gasteiger partial charge in [0.2, 0.25) is 0 Å². The first-order valence-corrected chi connectivity index (χ1v) is 6.91. The Morgan fingerprint density at radius 1 is 1.15 bits per heavy atom. The molecule has 2 N–H and O–H groups in total. The van der Waals surface area contributed by atoms with Crippen LogP contribution in [0.3, 0.4) is 0 Å². The van der Waals surface area contributed by atoms with E-state index in [1.165, 1.54) is 30.3 Å². The summed E-state index contributed by atoms with van der Waals surface area (Å²) in [5.41, 5.74) is 0.907. The van der Waals surface area contributed by atoms with Crippen molar-refractivity contribution in [3.8, 4) is 0 Å². The van der Waals surface area contributed by atoms with Gasteiger partial charge >= 0.3 is 7.12 Å². The van der Waals surface area contributed by atoms with Crippen molar-refractivity contribution in [1.29, 1.82) is 0 Å². The molecule has 7 heteroatoms. The second-order valence-corrected chi connectivity index (χ2v) is 5.32. The summed E-state index contributed by atoms with van der Waals surface area (Å²) in [6, 6.07) is 10.6. The highest BCUT2D eigenvalue weighted by Crippen LogP contribution is 2.15. The maximum atomic E-state index is 12.5. The third-order valence-corrected chi connectivity index (χ3v) is 3.36. The van der Waals surface area contributed by atoms with Gasteiger partial charge in [-0.1, -0.05) is 35.9 Å². The standard InChI is InChI=1S/C7H7BO3.C6H3ClFI/c9-5-6-1-3-7(4-2-6)8(10)11;7-4-1-2-6(9)5(8)3-4/h1-5,10-11H;1-3H. The molecule has 0 amide bonds. The van der Waals surface area contributed by atoms with Crippen LogP contribution in [0.15, 0.2) is 42.5 Å². The number of benzene rings is 2. The van der Waals surface area contributed by atoms with Crippen molar-refractivity contribution < 1.29 is 19.2 Å². The second kappa shape index (κ2) is 8.36. The average molecular weight is 406 g/mol. The highest BCUT2D eigenvalue weighted by molar-refractivity contribution is 14.1. The maximum Gasteiger partial charge on any atom is 0.488 e. The van der Waals surface area contributed by atoms with Gasteiger partial charge < -0.3 is 10.0 Å². The second-order valence-electron chi connectivity index (χ2n) is 3.72. The molecule has 0 bridgehead atoms. The van der Waals surface area contributed by atoms with Gasteiger partial charge in [-0.25, -0.2) is 4.39 Å². The first kappa shape index (κ1) is 17.1. The van der Waals surface area contributed by atoms with Crippen LogP contribution in [0.2, 0.25) is 5.02 Å². The number of carbonyl (C=O) groups excluding carboxylic acids is 1. The largest absolute Gasteiger partial charge is 0.488 e. The van der Waals surface area contributed by atoms with E-state index in [2.05, 4.69) is 0 Å². The lowest BCUT2D eigenvalue weighted by Crippen LogP contribution is -2.29. The minimum absolute atomic E-state index is 0.261. The van der Waals surface area contributed by atoms with Crippen LogP contribution in [0.4, 0.5) is 4.39 Å². The Bertz CT molecular complexity index is 578. The molecular weight excluding hydrogens is 396 g/mol. The van der Waals surface area contributed by atoms with Crippen molar-refractivity contribution in [2.45, 2.75) is 0 Å². The minimum Gasteiger partial charge on any atom is -0.423 e. The predicted octanol–water partition coefficient (Wildman–Crippen LogP) is 2.26. The Labute approximate surface area is 134 Å².